The van der Waals surface area contributed by atoms with Crippen molar-refractivity contribution in [3.05, 3.63) is 40.8 Å². The van der Waals surface area contributed by atoms with E-state index in [4.69, 9.17) is 11.6 Å². The Morgan fingerprint density at radius 3 is 2.46 bits per heavy atom. The van der Waals surface area contributed by atoms with Crippen LogP contribution in [-0.4, -0.2) is 51.8 Å². The fourth-order valence-electron chi connectivity index (χ4n) is 2.78. The first kappa shape index (κ1) is 18.5. The summed E-state index contributed by atoms with van der Waals surface area (Å²) in [6.07, 6.45) is -0.229. The average molecular weight is 388 g/mol. The number of pyridine rings is 1. The maximum absolute atomic E-state index is 12.7. The predicted molar refractivity (Wildman–Crippen MR) is 90.0 cm³/mol. The molecule has 1 saturated heterocycles. The van der Waals surface area contributed by atoms with Gasteiger partial charge in [-0.2, -0.15) is 18.3 Å². The molecule has 6 nitrogen and oxygen atoms in total. The third-order valence-corrected chi connectivity index (χ3v) is 4.42. The van der Waals surface area contributed by atoms with Gasteiger partial charge in [-0.25, -0.2) is 4.98 Å². The second-order valence-electron chi connectivity index (χ2n) is 6.11. The lowest BCUT2D eigenvalue weighted by molar-refractivity contribution is -0.138. The molecule has 3 heterocycles. The quantitative estimate of drug-likeness (QED) is 0.812. The summed E-state index contributed by atoms with van der Waals surface area (Å²) in [5.74, 6) is 0.244. The van der Waals surface area contributed by atoms with Gasteiger partial charge in [0.1, 0.15) is 12.4 Å². The number of aryl methyl sites for hydroxylation is 1. The van der Waals surface area contributed by atoms with Crippen LogP contribution in [0.15, 0.2) is 24.7 Å². The van der Waals surface area contributed by atoms with E-state index in [1.165, 1.54) is 0 Å². The number of rotatable bonds is 3. The largest absolute Gasteiger partial charge is 0.417 e. The fourth-order valence-corrected chi connectivity index (χ4v) is 3.06. The maximum Gasteiger partial charge on any atom is 0.417 e. The summed E-state index contributed by atoms with van der Waals surface area (Å²) >= 11 is 5.98. The number of alkyl halides is 3. The summed E-state index contributed by atoms with van der Waals surface area (Å²) < 4.78 is 39.7. The van der Waals surface area contributed by atoms with E-state index in [-0.39, 0.29) is 17.5 Å². The van der Waals surface area contributed by atoms with Crippen molar-refractivity contribution in [2.45, 2.75) is 19.6 Å². The molecule has 0 N–H and O–H groups in total. The highest BCUT2D eigenvalue weighted by molar-refractivity contribution is 6.33. The van der Waals surface area contributed by atoms with E-state index in [1.807, 2.05) is 6.92 Å². The minimum absolute atomic E-state index is 0.0494. The molecule has 1 fully saturated rings. The number of halogens is 4. The van der Waals surface area contributed by atoms with Gasteiger partial charge in [0.15, 0.2) is 0 Å². The predicted octanol–water partition coefficient (Wildman–Crippen LogP) is 2.61. The third kappa shape index (κ3) is 4.09. The molecule has 0 aromatic carbocycles. The molecule has 0 unspecified atom stereocenters. The highest BCUT2D eigenvalue weighted by Gasteiger charge is 2.32. The van der Waals surface area contributed by atoms with Crippen LogP contribution in [0.5, 0.6) is 0 Å². The van der Waals surface area contributed by atoms with E-state index in [9.17, 15) is 18.0 Å². The molecule has 26 heavy (non-hydrogen) atoms. The Morgan fingerprint density at radius 2 is 1.92 bits per heavy atom. The number of piperazine rings is 1. The lowest BCUT2D eigenvalue weighted by atomic mass is 10.2. The molecule has 0 radical (unpaired) electrons. The molecule has 10 heteroatoms. The first-order chi connectivity index (χ1) is 12.2. The van der Waals surface area contributed by atoms with E-state index in [0.29, 0.717) is 32.0 Å². The Kier molecular flexibility index (Phi) is 5.08. The average Bonchev–Trinajstić information content (AvgIpc) is 2.99. The first-order valence-corrected chi connectivity index (χ1v) is 8.36. The number of aromatic nitrogens is 3. The Morgan fingerprint density at radius 1 is 1.23 bits per heavy atom. The van der Waals surface area contributed by atoms with Gasteiger partial charge in [-0.1, -0.05) is 11.6 Å². The van der Waals surface area contributed by atoms with Crippen LogP contribution in [0.25, 0.3) is 0 Å². The minimum Gasteiger partial charge on any atom is -0.352 e. The summed E-state index contributed by atoms with van der Waals surface area (Å²) in [6, 6.07) is 0.876. The lowest BCUT2D eigenvalue weighted by Crippen LogP contribution is -2.50. The van der Waals surface area contributed by atoms with Crippen LogP contribution < -0.4 is 4.90 Å². The van der Waals surface area contributed by atoms with E-state index in [0.717, 1.165) is 17.8 Å². The normalized spacial score (nSPS) is 15.4. The maximum atomic E-state index is 12.7. The zero-order chi connectivity index (χ0) is 18.9. The second-order valence-corrected chi connectivity index (χ2v) is 6.52. The van der Waals surface area contributed by atoms with Gasteiger partial charge in [0.25, 0.3) is 0 Å². The number of hydrogen-bond donors (Lipinski definition) is 0. The van der Waals surface area contributed by atoms with Crippen LogP contribution in [0.2, 0.25) is 5.02 Å². The van der Waals surface area contributed by atoms with Crippen molar-refractivity contribution < 1.29 is 18.0 Å². The molecule has 0 spiro atoms. The number of hydrogen-bond acceptors (Lipinski definition) is 4. The van der Waals surface area contributed by atoms with E-state index < -0.39 is 11.7 Å². The molecule has 140 valence electrons. The van der Waals surface area contributed by atoms with Gasteiger partial charge >= 0.3 is 6.18 Å². The molecular formula is C16H17ClF3N5O. The van der Waals surface area contributed by atoms with Gasteiger partial charge in [0.05, 0.1) is 16.8 Å². The number of anilines is 1. The number of carbonyl (C=O) groups is 1. The zero-order valence-corrected chi connectivity index (χ0v) is 14.8. The summed E-state index contributed by atoms with van der Waals surface area (Å²) in [4.78, 5) is 19.7. The Balaban J connectivity index is 1.60. The minimum atomic E-state index is -4.48. The van der Waals surface area contributed by atoms with Crippen molar-refractivity contribution in [3.63, 3.8) is 0 Å². The van der Waals surface area contributed by atoms with Crippen LogP contribution in [0.1, 0.15) is 11.1 Å². The summed E-state index contributed by atoms with van der Waals surface area (Å²) in [7, 11) is 0. The smallest absolute Gasteiger partial charge is 0.352 e. The van der Waals surface area contributed by atoms with E-state index in [2.05, 4.69) is 10.1 Å². The van der Waals surface area contributed by atoms with Gasteiger partial charge in [0, 0.05) is 38.6 Å². The van der Waals surface area contributed by atoms with Gasteiger partial charge in [-0.05, 0) is 18.6 Å². The van der Waals surface area contributed by atoms with Crippen molar-refractivity contribution in [2.24, 2.45) is 0 Å². The first-order valence-electron chi connectivity index (χ1n) is 7.98. The zero-order valence-electron chi connectivity index (χ0n) is 14.0. The number of amides is 1. The molecule has 1 aliphatic heterocycles. The van der Waals surface area contributed by atoms with Crippen molar-refractivity contribution in [2.75, 3.05) is 31.1 Å². The number of nitrogens with zero attached hydrogens (tertiary/aromatic N) is 5. The van der Waals surface area contributed by atoms with Crippen LogP contribution in [-0.2, 0) is 17.5 Å². The molecule has 2 aromatic heterocycles. The fraction of sp³-hybridized carbons (Fsp3) is 0.438. The molecule has 1 amide bonds. The van der Waals surface area contributed by atoms with Crippen LogP contribution in [0, 0.1) is 6.92 Å². The molecule has 2 aromatic rings. The van der Waals surface area contributed by atoms with Gasteiger partial charge < -0.3 is 9.80 Å². The molecular weight excluding hydrogens is 371 g/mol. The Labute approximate surface area is 153 Å². The van der Waals surface area contributed by atoms with Crippen molar-refractivity contribution >= 4 is 23.3 Å². The van der Waals surface area contributed by atoms with Crippen LogP contribution in [0.3, 0.4) is 0 Å². The van der Waals surface area contributed by atoms with Crippen LogP contribution in [0.4, 0.5) is 19.0 Å². The van der Waals surface area contributed by atoms with Gasteiger partial charge in [0.2, 0.25) is 5.91 Å². The number of carbonyl (C=O) groups excluding carboxylic acids is 1. The van der Waals surface area contributed by atoms with E-state index >= 15 is 0 Å². The van der Waals surface area contributed by atoms with E-state index in [1.54, 1.807) is 26.9 Å². The molecule has 0 bridgehead atoms. The van der Waals surface area contributed by atoms with Gasteiger partial charge in [-0.15, -0.1) is 0 Å². The Hall–Kier alpha value is -2.29. The van der Waals surface area contributed by atoms with Crippen LogP contribution >= 0.6 is 11.6 Å². The van der Waals surface area contributed by atoms with Crippen molar-refractivity contribution in [1.82, 2.24) is 19.7 Å². The van der Waals surface area contributed by atoms with Crippen molar-refractivity contribution in [3.8, 4) is 0 Å². The van der Waals surface area contributed by atoms with Gasteiger partial charge in [-0.3, -0.25) is 9.48 Å². The standard InChI is InChI=1S/C16H17ClF3N5O/c1-11-7-22-25(9-11)10-14(26)23-2-4-24(5-3-23)15-13(17)6-12(8-21-15)16(18,19)20/h6-9H,2-5,10H2,1H3. The molecule has 0 aliphatic carbocycles. The summed E-state index contributed by atoms with van der Waals surface area (Å²) in [5, 5.41) is 4.04. The SMILES string of the molecule is Cc1cnn(CC(=O)N2CCN(c3ncc(C(F)(F)F)cc3Cl)CC2)c1. The molecule has 1 aliphatic rings. The summed E-state index contributed by atoms with van der Waals surface area (Å²) in [6.45, 7) is 3.83. The second kappa shape index (κ2) is 7.14. The molecule has 3 rings (SSSR count). The Bertz CT molecular complexity index is 799. The monoisotopic (exact) mass is 387 g/mol. The highest BCUT2D eigenvalue weighted by atomic mass is 35.5. The highest BCUT2D eigenvalue weighted by Crippen LogP contribution is 2.33. The summed E-state index contributed by atoms with van der Waals surface area (Å²) in [5.41, 5.74) is 0.0974. The third-order valence-electron chi connectivity index (χ3n) is 4.14. The topological polar surface area (TPSA) is 54.3 Å². The molecule has 0 saturated carbocycles. The lowest BCUT2D eigenvalue weighted by Gasteiger charge is -2.35. The molecule has 0 atom stereocenters. The van der Waals surface area contributed by atoms with Crippen molar-refractivity contribution in [1.29, 1.82) is 0 Å².